The second kappa shape index (κ2) is 8.68. The molecule has 2 aliphatic rings. The van der Waals surface area contributed by atoms with Crippen LogP contribution in [-0.2, 0) is 10.3 Å². The molecule has 0 aliphatic carbocycles. The van der Waals surface area contributed by atoms with Gasteiger partial charge < -0.3 is 14.6 Å². The summed E-state index contributed by atoms with van der Waals surface area (Å²) >= 11 is 6.31. The van der Waals surface area contributed by atoms with Gasteiger partial charge in [0, 0.05) is 28.0 Å². The lowest BCUT2D eigenvalue weighted by atomic mass is 9.86. The van der Waals surface area contributed by atoms with Crippen LogP contribution in [0, 0.1) is 19.7 Å². The zero-order valence-electron chi connectivity index (χ0n) is 22.1. The van der Waals surface area contributed by atoms with Crippen LogP contribution in [0.4, 0.5) is 15.8 Å². The highest BCUT2D eigenvalue weighted by molar-refractivity contribution is 6.31. The molecule has 3 aromatic carbocycles. The normalized spacial score (nSPS) is 17.7. The summed E-state index contributed by atoms with van der Waals surface area (Å²) in [5.74, 6) is -0.921. The lowest BCUT2D eigenvalue weighted by molar-refractivity contribution is -0.119. The van der Waals surface area contributed by atoms with Crippen molar-refractivity contribution in [2.24, 2.45) is 0 Å². The number of hydrogen-bond donors (Lipinski definition) is 1. The number of ether oxygens (including phenoxy) is 1. The van der Waals surface area contributed by atoms with Gasteiger partial charge in [-0.15, -0.1) is 0 Å². The lowest BCUT2D eigenvalue weighted by Crippen LogP contribution is -2.51. The van der Waals surface area contributed by atoms with E-state index >= 15 is 4.39 Å². The second-order valence-corrected chi connectivity index (χ2v) is 10.6. The Morgan fingerprint density at radius 1 is 1.08 bits per heavy atom. The summed E-state index contributed by atoms with van der Waals surface area (Å²) in [5.41, 5.74) is 2.41. The number of carbonyl (C=O) groups excluding carboxylic acids is 2. The quantitative estimate of drug-likeness (QED) is 0.322. The number of benzene rings is 3. The predicted octanol–water partition coefficient (Wildman–Crippen LogP) is 6.41. The van der Waals surface area contributed by atoms with Gasteiger partial charge in [-0.2, -0.15) is 0 Å². The van der Waals surface area contributed by atoms with Crippen molar-refractivity contribution in [1.29, 1.82) is 0 Å². The van der Waals surface area contributed by atoms with Crippen LogP contribution in [0.2, 0.25) is 5.02 Å². The van der Waals surface area contributed by atoms with E-state index in [0.717, 1.165) is 11.1 Å². The van der Waals surface area contributed by atoms with E-state index in [-0.39, 0.29) is 28.9 Å². The topological polar surface area (TPSA) is 76.5 Å². The number of nitrogens with zero attached hydrogens (tertiary/aromatic N) is 3. The third-order valence-corrected chi connectivity index (χ3v) is 7.72. The maximum Gasteiger partial charge on any atom is 0.280 e. The molecule has 0 saturated carbocycles. The van der Waals surface area contributed by atoms with Gasteiger partial charge >= 0.3 is 0 Å². The molecule has 1 N–H and O–H groups in total. The van der Waals surface area contributed by atoms with Gasteiger partial charge in [-0.1, -0.05) is 35.9 Å². The minimum absolute atomic E-state index is 0.0860. The molecule has 0 fully saturated rings. The number of aryl methyl sites for hydroxylation is 2. The first kappa shape index (κ1) is 25.1. The van der Waals surface area contributed by atoms with Crippen molar-refractivity contribution >= 4 is 34.8 Å². The number of hydrogen-bond acceptors (Lipinski definition) is 4. The summed E-state index contributed by atoms with van der Waals surface area (Å²) in [7, 11) is 1.45. The second-order valence-electron chi connectivity index (χ2n) is 10.2. The molecular formula is C30H26ClFN4O3. The molecule has 2 aliphatic heterocycles. The number of anilines is 2. The van der Waals surface area contributed by atoms with Gasteiger partial charge in [-0.05, 0) is 69.2 Å². The van der Waals surface area contributed by atoms with E-state index in [1.54, 1.807) is 34.9 Å². The maximum absolute atomic E-state index is 15.4. The van der Waals surface area contributed by atoms with Crippen molar-refractivity contribution in [2.45, 2.75) is 39.3 Å². The van der Waals surface area contributed by atoms with E-state index in [1.807, 2.05) is 45.9 Å². The Hall–Kier alpha value is -4.17. The summed E-state index contributed by atoms with van der Waals surface area (Å²) in [6.07, 6.45) is 0. The first-order valence-corrected chi connectivity index (χ1v) is 13.0. The molecule has 9 heteroatoms. The van der Waals surface area contributed by atoms with Crippen LogP contribution in [0.15, 0.2) is 54.6 Å². The van der Waals surface area contributed by atoms with Gasteiger partial charge in [0.05, 0.1) is 18.4 Å². The molecule has 7 nitrogen and oxygen atoms in total. The number of nitrogens with one attached hydrogen (secondary N) is 1. The van der Waals surface area contributed by atoms with Gasteiger partial charge in [-0.25, -0.2) is 9.37 Å². The largest absolute Gasteiger partial charge is 0.496 e. The van der Waals surface area contributed by atoms with Crippen molar-refractivity contribution in [3.8, 4) is 17.1 Å². The van der Waals surface area contributed by atoms with E-state index in [9.17, 15) is 9.59 Å². The van der Waals surface area contributed by atoms with E-state index in [0.29, 0.717) is 27.7 Å². The Kier molecular flexibility index (Phi) is 5.59. The molecular weight excluding hydrogens is 519 g/mol. The van der Waals surface area contributed by atoms with Gasteiger partial charge in [0.2, 0.25) is 0 Å². The molecule has 39 heavy (non-hydrogen) atoms. The zero-order chi connectivity index (χ0) is 27.8. The number of aromatic nitrogens is 2. The number of halogens is 2. The zero-order valence-corrected chi connectivity index (χ0v) is 22.9. The van der Waals surface area contributed by atoms with Crippen molar-refractivity contribution in [2.75, 3.05) is 17.3 Å². The van der Waals surface area contributed by atoms with Crippen LogP contribution >= 0.6 is 11.6 Å². The molecule has 3 heterocycles. The molecule has 198 valence electrons. The number of amides is 2. The molecule has 0 bridgehead atoms. The first-order valence-electron chi connectivity index (χ1n) is 12.6. The number of methoxy groups -OCH3 is 1. The molecule has 1 aromatic heterocycles. The van der Waals surface area contributed by atoms with Crippen molar-refractivity contribution < 1.29 is 18.7 Å². The molecule has 1 unspecified atom stereocenters. The van der Waals surface area contributed by atoms with Crippen molar-refractivity contribution in [1.82, 2.24) is 9.55 Å². The van der Waals surface area contributed by atoms with Crippen LogP contribution in [-0.4, -0.2) is 28.5 Å². The fourth-order valence-electron chi connectivity index (χ4n) is 5.84. The average Bonchev–Trinajstić information content (AvgIpc) is 3.49. The van der Waals surface area contributed by atoms with E-state index in [2.05, 4.69) is 5.32 Å². The SMILES string of the molecule is COc1cccc(F)c1-c1nc2c(n1C(C)C)C1(C(=O)Nc3cc(Cl)ccc31)N(c1cc(C)ccc1C)C2=O. The molecule has 1 spiro atoms. The first-order chi connectivity index (χ1) is 18.6. The van der Waals surface area contributed by atoms with E-state index < -0.39 is 23.2 Å². The molecule has 0 radical (unpaired) electrons. The fourth-order valence-corrected chi connectivity index (χ4v) is 6.01. The minimum Gasteiger partial charge on any atom is -0.496 e. The van der Waals surface area contributed by atoms with Crippen LogP contribution in [0.3, 0.4) is 0 Å². The summed E-state index contributed by atoms with van der Waals surface area (Å²) in [5, 5.41) is 3.41. The van der Waals surface area contributed by atoms with Crippen LogP contribution in [0.5, 0.6) is 5.75 Å². The summed E-state index contributed by atoms with van der Waals surface area (Å²) < 4.78 is 22.6. The number of fused-ring (bicyclic) bond motifs is 4. The number of carbonyl (C=O) groups is 2. The van der Waals surface area contributed by atoms with Gasteiger partial charge in [-0.3, -0.25) is 14.5 Å². The molecule has 6 rings (SSSR count). The third-order valence-electron chi connectivity index (χ3n) is 7.48. The Morgan fingerprint density at radius 3 is 2.56 bits per heavy atom. The smallest absolute Gasteiger partial charge is 0.280 e. The predicted molar refractivity (Wildman–Crippen MR) is 148 cm³/mol. The lowest BCUT2D eigenvalue weighted by Gasteiger charge is -2.36. The Balaban J connectivity index is 1.76. The van der Waals surface area contributed by atoms with E-state index in [1.165, 1.54) is 18.1 Å². The maximum atomic E-state index is 15.4. The highest BCUT2D eigenvalue weighted by Crippen LogP contribution is 2.55. The molecule has 0 saturated heterocycles. The average molecular weight is 545 g/mol. The van der Waals surface area contributed by atoms with Crippen LogP contribution < -0.4 is 15.0 Å². The highest BCUT2D eigenvalue weighted by atomic mass is 35.5. The van der Waals surface area contributed by atoms with Crippen LogP contribution in [0.25, 0.3) is 11.4 Å². The molecule has 2 amide bonds. The number of imidazole rings is 1. The molecule has 1 atom stereocenters. The van der Waals surface area contributed by atoms with Crippen LogP contribution in [0.1, 0.15) is 52.8 Å². The summed E-state index contributed by atoms with van der Waals surface area (Å²) in [6.45, 7) is 7.65. The number of rotatable bonds is 4. The summed E-state index contributed by atoms with van der Waals surface area (Å²) in [4.78, 5) is 35.0. The van der Waals surface area contributed by atoms with Gasteiger partial charge in [0.15, 0.2) is 11.2 Å². The molecule has 4 aromatic rings. The minimum atomic E-state index is -1.60. The Morgan fingerprint density at radius 2 is 1.85 bits per heavy atom. The fraction of sp³-hybridized carbons (Fsp3) is 0.233. The summed E-state index contributed by atoms with van der Waals surface area (Å²) in [6, 6.07) is 15.1. The van der Waals surface area contributed by atoms with E-state index in [4.69, 9.17) is 21.3 Å². The highest BCUT2D eigenvalue weighted by Gasteiger charge is 2.64. The van der Waals surface area contributed by atoms with Crippen molar-refractivity contribution in [3.63, 3.8) is 0 Å². The van der Waals surface area contributed by atoms with Gasteiger partial charge in [0.1, 0.15) is 17.4 Å². The van der Waals surface area contributed by atoms with Gasteiger partial charge in [0.25, 0.3) is 11.8 Å². The third kappa shape index (κ3) is 3.31. The Labute approximate surface area is 230 Å². The monoisotopic (exact) mass is 544 g/mol. The Bertz CT molecular complexity index is 1710. The van der Waals surface area contributed by atoms with Crippen molar-refractivity contribution in [3.05, 3.63) is 93.5 Å². The standard InChI is InChI=1S/C30H26ClFN4O3/c1-15(2)35-26-25(34-27(35)24-20(32)7-6-8-23(24)39-5)28(37)36(22-13-16(3)9-10-17(22)4)30(26)19-12-11-18(31)14-21(19)33-29(30)38/h6-15H,1-5H3,(H,33,38).